The van der Waals surface area contributed by atoms with Gasteiger partial charge in [-0.05, 0) is 37.5 Å². The van der Waals surface area contributed by atoms with Crippen molar-refractivity contribution >= 4 is 5.97 Å². The standard InChI is InChI=1S/C14H22O2/c1-10(14(15)16)9-12-7-4-6-11-5-2-3-8-13(11)12/h9,11-13H,2-8H2,1H3,(H,15,16). The van der Waals surface area contributed by atoms with Gasteiger partial charge in [0.15, 0.2) is 0 Å². The third-order valence-corrected chi connectivity index (χ3v) is 4.43. The van der Waals surface area contributed by atoms with Crippen molar-refractivity contribution in [3.05, 3.63) is 11.6 Å². The van der Waals surface area contributed by atoms with Gasteiger partial charge in [0.2, 0.25) is 0 Å². The lowest BCUT2D eigenvalue weighted by atomic mass is 9.65. The van der Waals surface area contributed by atoms with Crippen molar-refractivity contribution in [3.8, 4) is 0 Å². The van der Waals surface area contributed by atoms with Gasteiger partial charge in [-0.15, -0.1) is 0 Å². The fraction of sp³-hybridized carbons (Fsp3) is 0.786. The molecule has 2 aliphatic carbocycles. The average molecular weight is 222 g/mol. The molecule has 0 aromatic heterocycles. The number of rotatable bonds is 2. The number of allylic oxidation sites excluding steroid dienone is 1. The van der Waals surface area contributed by atoms with E-state index in [0.717, 1.165) is 11.8 Å². The maximum atomic E-state index is 10.9. The van der Waals surface area contributed by atoms with E-state index in [9.17, 15) is 4.79 Å². The molecule has 16 heavy (non-hydrogen) atoms. The molecule has 0 radical (unpaired) electrons. The lowest BCUT2D eigenvalue weighted by molar-refractivity contribution is -0.132. The van der Waals surface area contributed by atoms with E-state index in [0.29, 0.717) is 11.5 Å². The van der Waals surface area contributed by atoms with E-state index in [4.69, 9.17) is 5.11 Å². The second kappa shape index (κ2) is 5.03. The fourth-order valence-electron chi connectivity index (χ4n) is 3.59. The monoisotopic (exact) mass is 222 g/mol. The third kappa shape index (κ3) is 2.47. The molecule has 2 nitrogen and oxygen atoms in total. The van der Waals surface area contributed by atoms with Crippen LogP contribution in [0.25, 0.3) is 0 Å². The molecule has 2 saturated carbocycles. The Labute approximate surface area is 97.7 Å². The van der Waals surface area contributed by atoms with E-state index < -0.39 is 5.97 Å². The predicted molar refractivity (Wildman–Crippen MR) is 64.2 cm³/mol. The normalized spacial score (nSPS) is 35.6. The van der Waals surface area contributed by atoms with Gasteiger partial charge in [-0.2, -0.15) is 0 Å². The minimum absolute atomic E-state index is 0.537. The fourth-order valence-corrected chi connectivity index (χ4v) is 3.59. The van der Waals surface area contributed by atoms with Gasteiger partial charge in [-0.1, -0.05) is 38.2 Å². The van der Waals surface area contributed by atoms with E-state index in [-0.39, 0.29) is 0 Å². The molecule has 0 heterocycles. The Bertz CT molecular complexity index is 291. The zero-order valence-electron chi connectivity index (χ0n) is 10.1. The Morgan fingerprint density at radius 1 is 1.12 bits per heavy atom. The molecular weight excluding hydrogens is 200 g/mol. The van der Waals surface area contributed by atoms with Crippen molar-refractivity contribution in [1.82, 2.24) is 0 Å². The van der Waals surface area contributed by atoms with Crippen molar-refractivity contribution in [2.45, 2.75) is 51.9 Å². The molecule has 0 aromatic carbocycles. The Hall–Kier alpha value is -0.790. The van der Waals surface area contributed by atoms with Crippen molar-refractivity contribution in [1.29, 1.82) is 0 Å². The van der Waals surface area contributed by atoms with Crippen LogP contribution in [0.4, 0.5) is 0 Å². The molecule has 2 fully saturated rings. The summed E-state index contributed by atoms with van der Waals surface area (Å²) >= 11 is 0. The summed E-state index contributed by atoms with van der Waals surface area (Å²) in [4.78, 5) is 10.9. The lowest BCUT2D eigenvalue weighted by Crippen LogP contribution is -2.30. The van der Waals surface area contributed by atoms with Crippen LogP contribution in [0.1, 0.15) is 51.9 Å². The van der Waals surface area contributed by atoms with Gasteiger partial charge in [0, 0.05) is 5.57 Å². The summed E-state index contributed by atoms with van der Waals surface area (Å²) in [5.74, 6) is 1.44. The molecule has 2 aliphatic rings. The smallest absolute Gasteiger partial charge is 0.330 e. The van der Waals surface area contributed by atoms with Crippen LogP contribution >= 0.6 is 0 Å². The molecule has 90 valence electrons. The van der Waals surface area contributed by atoms with Crippen LogP contribution < -0.4 is 0 Å². The first kappa shape index (κ1) is 11.7. The van der Waals surface area contributed by atoms with Gasteiger partial charge >= 0.3 is 5.97 Å². The van der Waals surface area contributed by atoms with Crippen molar-refractivity contribution in [2.24, 2.45) is 17.8 Å². The van der Waals surface area contributed by atoms with Crippen LogP contribution in [-0.2, 0) is 4.79 Å². The lowest BCUT2D eigenvalue weighted by Gasteiger charge is -2.40. The summed E-state index contributed by atoms with van der Waals surface area (Å²) in [6.07, 6.45) is 11.3. The van der Waals surface area contributed by atoms with E-state index in [1.165, 1.54) is 44.9 Å². The topological polar surface area (TPSA) is 37.3 Å². The van der Waals surface area contributed by atoms with Crippen molar-refractivity contribution < 1.29 is 9.90 Å². The maximum Gasteiger partial charge on any atom is 0.330 e. The summed E-state index contributed by atoms with van der Waals surface area (Å²) in [5.41, 5.74) is 0.538. The highest BCUT2D eigenvalue weighted by atomic mass is 16.4. The molecule has 0 aromatic rings. The summed E-state index contributed by atoms with van der Waals surface area (Å²) in [7, 11) is 0. The van der Waals surface area contributed by atoms with Gasteiger partial charge in [0.1, 0.15) is 0 Å². The largest absolute Gasteiger partial charge is 0.478 e. The molecule has 0 spiro atoms. The molecule has 3 unspecified atom stereocenters. The second-order valence-electron chi connectivity index (χ2n) is 5.46. The number of hydrogen-bond acceptors (Lipinski definition) is 1. The molecular formula is C14H22O2. The highest BCUT2D eigenvalue weighted by molar-refractivity contribution is 5.85. The Morgan fingerprint density at radius 2 is 1.81 bits per heavy atom. The minimum atomic E-state index is -0.752. The maximum absolute atomic E-state index is 10.9. The number of fused-ring (bicyclic) bond motifs is 1. The number of hydrogen-bond donors (Lipinski definition) is 1. The predicted octanol–water partition coefficient (Wildman–Crippen LogP) is 3.62. The number of aliphatic carboxylic acids is 1. The number of carboxylic acids is 1. The summed E-state index contributed by atoms with van der Waals surface area (Å²) < 4.78 is 0. The van der Waals surface area contributed by atoms with Gasteiger partial charge < -0.3 is 5.11 Å². The first-order valence-electron chi connectivity index (χ1n) is 6.60. The van der Waals surface area contributed by atoms with Crippen LogP contribution in [0.2, 0.25) is 0 Å². The Kier molecular flexibility index (Phi) is 3.67. The molecule has 0 saturated heterocycles. The van der Waals surface area contributed by atoms with E-state index in [2.05, 4.69) is 0 Å². The Morgan fingerprint density at radius 3 is 2.56 bits per heavy atom. The van der Waals surface area contributed by atoms with E-state index in [1.54, 1.807) is 6.92 Å². The quantitative estimate of drug-likeness (QED) is 0.724. The van der Waals surface area contributed by atoms with Crippen molar-refractivity contribution in [2.75, 3.05) is 0 Å². The number of carbonyl (C=O) groups is 1. The van der Waals surface area contributed by atoms with Gasteiger partial charge in [-0.3, -0.25) is 0 Å². The highest BCUT2D eigenvalue weighted by Crippen LogP contribution is 2.44. The minimum Gasteiger partial charge on any atom is -0.478 e. The van der Waals surface area contributed by atoms with Crippen LogP contribution in [0.3, 0.4) is 0 Å². The summed E-state index contributed by atoms with van der Waals surface area (Å²) in [6.45, 7) is 1.73. The molecule has 2 heteroatoms. The summed E-state index contributed by atoms with van der Waals surface area (Å²) in [5, 5.41) is 8.94. The molecule has 0 bridgehead atoms. The molecule has 3 atom stereocenters. The summed E-state index contributed by atoms with van der Waals surface area (Å²) in [6, 6.07) is 0. The molecule has 0 amide bonds. The Balaban J connectivity index is 2.08. The van der Waals surface area contributed by atoms with Gasteiger partial charge in [0.25, 0.3) is 0 Å². The van der Waals surface area contributed by atoms with Crippen molar-refractivity contribution in [3.63, 3.8) is 0 Å². The van der Waals surface area contributed by atoms with Gasteiger partial charge in [-0.25, -0.2) is 4.79 Å². The highest BCUT2D eigenvalue weighted by Gasteiger charge is 2.33. The molecule has 2 rings (SSSR count). The molecule has 1 N–H and O–H groups in total. The van der Waals surface area contributed by atoms with Gasteiger partial charge in [0.05, 0.1) is 0 Å². The zero-order valence-corrected chi connectivity index (χ0v) is 10.1. The number of carboxylic acid groups (broad SMARTS) is 1. The first-order valence-corrected chi connectivity index (χ1v) is 6.60. The van der Waals surface area contributed by atoms with E-state index in [1.807, 2.05) is 6.08 Å². The third-order valence-electron chi connectivity index (χ3n) is 4.43. The second-order valence-corrected chi connectivity index (χ2v) is 5.46. The average Bonchev–Trinajstić information content (AvgIpc) is 2.29. The van der Waals surface area contributed by atoms with Crippen LogP contribution in [0.5, 0.6) is 0 Å². The van der Waals surface area contributed by atoms with Crippen LogP contribution in [0.15, 0.2) is 11.6 Å². The SMILES string of the molecule is CC(=CC1CCCC2CCCCC12)C(=O)O. The molecule has 0 aliphatic heterocycles. The van der Waals surface area contributed by atoms with Crippen LogP contribution in [-0.4, -0.2) is 11.1 Å². The first-order chi connectivity index (χ1) is 7.68. The van der Waals surface area contributed by atoms with E-state index >= 15 is 0 Å². The zero-order chi connectivity index (χ0) is 11.5. The van der Waals surface area contributed by atoms with Crippen LogP contribution in [0, 0.1) is 17.8 Å².